The number of hydrogen-bond acceptors (Lipinski definition) is 11. The predicted molar refractivity (Wildman–Crippen MR) is 204 cm³/mol. The zero-order valence-electron chi connectivity index (χ0n) is 30.9. The van der Waals surface area contributed by atoms with Crippen LogP contribution in [0.5, 0.6) is 11.8 Å². The number of anilines is 1. The molecule has 1 aliphatic heterocycles. The van der Waals surface area contributed by atoms with E-state index >= 15 is 0 Å². The van der Waals surface area contributed by atoms with Crippen LogP contribution in [-0.2, 0) is 6.54 Å². The van der Waals surface area contributed by atoms with E-state index in [1.165, 1.54) is 31.1 Å². The SMILES string of the molecule is C=C[C@]1(N)CC(Oc2nccc(-c3cc(C)cc4nc(C)n(C/C(=C/CC)CN(C)C)c34)n2)CN1c1ncnc2c1cnn2-c1ccc(F)cc1OC. The Balaban J connectivity index is 1.20. The lowest BCUT2D eigenvalue weighted by Gasteiger charge is -2.32. The number of methoxy groups -OCH3 is 1. The second kappa shape index (κ2) is 14.4. The first kappa shape index (κ1) is 35.7. The molecule has 6 aromatic rings. The van der Waals surface area contributed by atoms with Gasteiger partial charge in [0.05, 0.1) is 42.0 Å². The van der Waals surface area contributed by atoms with Gasteiger partial charge in [-0.15, -0.1) is 0 Å². The second-order valence-corrected chi connectivity index (χ2v) is 13.7. The lowest BCUT2D eigenvalue weighted by molar-refractivity contribution is 0.198. The molecule has 2 N–H and O–H groups in total. The third-order valence-corrected chi connectivity index (χ3v) is 9.50. The molecule has 2 atom stereocenters. The average Bonchev–Trinajstić information content (AvgIpc) is 3.80. The van der Waals surface area contributed by atoms with Gasteiger partial charge in [-0.3, -0.25) is 0 Å². The van der Waals surface area contributed by atoms with Gasteiger partial charge in [0.15, 0.2) is 5.65 Å². The number of hydrogen-bond donors (Lipinski definition) is 1. The Labute approximate surface area is 307 Å². The minimum Gasteiger partial charge on any atom is -0.494 e. The summed E-state index contributed by atoms with van der Waals surface area (Å²) in [5.41, 5.74) is 13.0. The quantitative estimate of drug-likeness (QED) is 0.154. The monoisotopic (exact) mass is 717 g/mol. The van der Waals surface area contributed by atoms with Crippen molar-refractivity contribution in [3.8, 4) is 28.7 Å². The molecule has 1 fully saturated rings. The molecule has 0 bridgehead atoms. The van der Waals surface area contributed by atoms with Crippen molar-refractivity contribution in [1.29, 1.82) is 0 Å². The van der Waals surface area contributed by atoms with Crippen LogP contribution in [0.25, 0.3) is 39.0 Å². The summed E-state index contributed by atoms with van der Waals surface area (Å²) in [5.74, 6) is 1.40. The number of aromatic nitrogens is 8. The molecular weight excluding hydrogens is 674 g/mol. The van der Waals surface area contributed by atoms with Crippen molar-refractivity contribution in [1.82, 2.24) is 44.2 Å². The van der Waals surface area contributed by atoms with Crippen molar-refractivity contribution < 1.29 is 13.9 Å². The molecule has 5 heterocycles. The molecule has 7 rings (SSSR count). The van der Waals surface area contributed by atoms with Crippen LogP contribution in [-0.4, -0.2) is 90.2 Å². The number of halogens is 1. The molecule has 0 saturated carbocycles. The normalized spacial score (nSPS) is 17.7. The minimum atomic E-state index is -1.01. The number of ether oxygens (including phenoxy) is 2. The zero-order valence-corrected chi connectivity index (χ0v) is 30.9. The van der Waals surface area contributed by atoms with Gasteiger partial charge in [0.2, 0.25) is 0 Å². The number of allylic oxidation sites excluding steroid dienone is 1. The number of rotatable bonds is 12. The zero-order chi connectivity index (χ0) is 37.4. The highest BCUT2D eigenvalue weighted by molar-refractivity contribution is 5.92. The summed E-state index contributed by atoms with van der Waals surface area (Å²) in [6.07, 6.45) is 9.77. The molecule has 13 nitrogen and oxygen atoms in total. The van der Waals surface area contributed by atoms with Gasteiger partial charge in [-0.25, -0.2) is 29.0 Å². The smallest absolute Gasteiger partial charge is 0.317 e. The number of aryl methyl sites for hydroxylation is 2. The van der Waals surface area contributed by atoms with Gasteiger partial charge in [0.1, 0.15) is 47.0 Å². The van der Waals surface area contributed by atoms with E-state index in [9.17, 15) is 4.39 Å². The van der Waals surface area contributed by atoms with Crippen molar-refractivity contribution in [3.05, 3.63) is 96.6 Å². The average molecular weight is 718 g/mol. The Morgan fingerprint density at radius 2 is 1.96 bits per heavy atom. The maximum absolute atomic E-state index is 14.0. The highest BCUT2D eigenvalue weighted by Crippen LogP contribution is 2.37. The van der Waals surface area contributed by atoms with E-state index < -0.39 is 17.6 Å². The van der Waals surface area contributed by atoms with Crippen LogP contribution in [0.1, 0.15) is 31.2 Å². The number of benzene rings is 2. The van der Waals surface area contributed by atoms with E-state index in [2.05, 4.69) is 82.2 Å². The van der Waals surface area contributed by atoms with E-state index in [1.54, 1.807) is 29.2 Å². The Bertz CT molecular complexity index is 2350. The molecule has 53 heavy (non-hydrogen) atoms. The maximum Gasteiger partial charge on any atom is 0.317 e. The van der Waals surface area contributed by atoms with Gasteiger partial charge >= 0.3 is 6.01 Å². The first-order valence-corrected chi connectivity index (χ1v) is 17.5. The third-order valence-electron chi connectivity index (χ3n) is 9.50. The van der Waals surface area contributed by atoms with E-state index in [1.807, 2.05) is 17.9 Å². The van der Waals surface area contributed by atoms with Crippen LogP contribution < -0.4 is 20.1 Å². The van der Waals surface area contributed by atoms with Crippen LogP contribution >= 0.6 is 0 Å². The fourth-order valence-corrected chi connectivity index (χ4v) is 7.21. The molecule has 0 amide bonds. The first-order chi connectivity index (χ1) is 25.5. The Morgan fingerprint density at radius 3 is 2.72 bits per heavy atom. The lowest BCUT2D eigenvalue weighted by Crippen LogP contribution is -2.50. The van der Waals surface area contributed by atoms with Crippen molar-refractivity contribution in [2.45, 2.75) is 51.9 Å². The summed E-state index contributed by atoms with van der Waals surface area (Å²) >= 11 is 0. The van der Waals surface area contributed by atoms with Crippen molar-refractivity contribution in [3.63, 3.8) is 0 Å². The van der Waals surface area contributed by atoms with Crippen molar-refractivity contribution in [2.24, 2.45) is 5.73 Å². The van der Waals surface area contributed by atoms with E-state index in [4.69, 9.17) is 25.2 Å². The van der Waals surface area contributed by atoms with E-state index in [-0.39, 0.29) is 6.01 Å². The molecule has 0 aliphatic carbocycles. The Kier molecular flexibility index (Phi) is 9.66. The molecule has 0 spiro atoms. The molecule has 2 aromatic carbocycles. The first-order valence-electron chi connectivity index (χ1n) is 17.5. The summed E-state index contributed by atoms with van der Waals surface area (Å²) in [5, 5.41) is 5.21. The fourth-order valence-electron chi connectivity index (χ4n) is 7.21. The fraction of sp³-hybridized carbons (Fsp3) is 0.333. The highest BCUT2D eigenvalue weighted by atomic mass is 19.1. The molecule has 4 aromatic heterocycles. The number of nitrogens with zero attached hydrogens (tertiary/aromatic N) is 10. The molecule has 1 aliphatic rings. The van der Waals surface area contributed by atoms with Crippen LogP contribution in [0.15, 0.2) is 79.4 Å². The molecule has 0 radical (unpaired) electrons. The largest absolute Gasteiger partial charge is 0.494 e. The molecular formula is C39H44FN11O2. The summed E-state index contributed by atoms with van der Waals surface area (Å²) in [6, 6.07) is 10.6. The van der Waals surface area contributed by atoms with Crippen molar-refractivity contribution >= 4 is 27.9 Å². The van der Waals surface area contributed by atoms with Gasteiger partial charge < -0.3 is 29.6 Å². The van der Waals surface area contributed by atoms with Crippen LogP contribution in [0.4, 0.5) is 10.2 Å². The molecule has 14 heteroatoms. The summed E-state index contributed by atoms with van der Waals surface area (Å²) in [7, 11) is 5.65. The maximum atomic E-state index is 14.0. The van der Waals surface area contributed by atoms with Gasteiger partial charge in [-0.05, 0) is 75.8 Å². The van der Waals surface area contributed by atoms with Crippen LogP contribution in [0.3, 0.4) is 0 Å². The molecule has 1 unspecified atom stereocenters. The van der Waals surface area contributed by atoms with Crippen molar-refractivity contribution in [2.75, 3.05) is 39.2 Å². The van der Waals surface area contributed by atoms with Crippen LogP contribution in [0, 0.1) is 19.7 Å². The molecule has 1 saturated heterocycles. The molecule has 274 valence electrons. The topological polar surface area (TPSA) is 138 Å². The second-order valence-electron chi connectivity index (χ2n) is 13.7. The minimum absolute atomic E-state index is 0.237. The number of likely N-dealkylation sites (N-methyl/N-ethyl adjacent to an activating group) is 1. The number of nitrogens with two attached hydrogens (primary N) is 1. The van der Waals surface area contributed by atoms with Gasteiger partial charge in [0, 0.05) is 37.3 Å². The summed E-state index contributed by atoms with van der Waals surface area (Å²) < 4.78 is 29.8. The predicted octanol–water partition coefficient (Wildman–Crippen LogP) is 5.78. The van der Waals surface area contributed by atoms with E-state index in [0.29, 0.717) is 41.3 Å². The number of fused-ring (bicyclic) bond motifs is 2. The Hall–Kier alpha value is -5.73. The van der Waals surface area contributed by atoms with Gasteiger partial charge in [0.25, 0.3) is 0 Å². The Morgan fingerprint density at radius 1 is 1.13 bits per heavy atom. The summed E-state index contributed by atoms with van der Waals surface area (Å²) in [4.78, 5) is 27.7. The van der Waals surface area contributed by atoms with Crippen LogP contribution in [0.2, 0.25) is 0 Å². The lowest BCUT2D eigenvalue weighted by atomic mass is 10.1. The summed E-state index contributed by atoms with van der Waals surface area (Å²) in [6.45, 7) is 12.3. The highest BCUT2D eigenvalue weighted by Gasteiger charge is 2.44. The van der Waals surface area contributed by atoms with E-state index in [0.717, 1.165) is 53.2 Å². The van der Waals surface area contributed by atoms with Gasteiger partial charge in [-0.1, -0.05) is 25.7 Å². The number of imidazole rings is 1. The van der Waals surface area contributed by atoms with Gasteiger partial charge in [-0.2, -0.15) is 10.1 Å². The third kappa shape index (κ3) is 6.82. The standard InChI is InChI=1S/C39H44FN11O2/c1-8-10-26(20-48(5)6)21-49-25(4)46-32-16-24(3)15-29(35(32)49)31-13-14-42-38(47-31)53-28-18-39(41,9-2)50(22-28)36-30-19-45-51(37(30)44-23-43-36)33-12-11-27(40)17-34(33)52-7/h9-17,19,23,28H,2,8,18,20-22,41H2,1,3-7H3/b26-10+/t28?,39-/m1/s1.